The fourth-order valence-corrected chi connectivity index (χ4v) is 2.77. The fraction of sp³-hybridized carbons (Fsp3) is 0.706. The first-order valence-electron chi connectivity index (χ1n) is 8.17. The van der Waals surface area contributed by atoms with Crippen LogP contribution < -0.4 is 5.32 Å². The van der Waals surface area contributed by atoms with E-state index in [1.165, 1.54) is 18.4 Å². The SMILES string of the molecule is CCN(Cc1ccncc1)CC1CCC(CNC(C)C)O1. The van der Waals surface area contributed by atoms with E-state index in [0.717, 1.165) is 26.2 Å². The Labute approximate surface area is 128 Å². The normalized spacial score (nSPS) is 22.3. The van der Waals surface area contributed by atoms with Crippen LogP contribution in [0.4, 0.5) is 0 Å². The minimum Gasteiger partial charge on any atom is -0.372 e. The Morgan fingerprint density at radius 2 is 2.00 bits per heavy atom. The van der Waals surface area contributed by atoms with Crippen molar-refractivity contribution in [3.63, 3.8) is 0 Å². The smallest absolute Gasteiger partial charge is 0.0707 e. The summed E-state index contributed by atoms with van der Waals surface area (Å²) in [5.41, 5.74) is 1.32. The largest absolute Gasteiger partial charge is 0.372 e. The van der Waals surface area contributed by atoms with Gasteiger partial charge in [-0.25, -0.2) is 0 Å². The maximum atomic E-state index is 6.17. The zero-order valence-electron chi connectivity index (χ0n) is 13.6. The first kappa shape index (κ1) is 16.4. The van der Waals surface area contributed by atoms with Crippen LogP contribution in [-0.2, 0) is 11.3 Å². The minimum atomic E-state index is 0.380. The van der Waals surface area contributed by atoms with Crippen LogP contribution in [0.15, 0.2) is 24.5 Å². The molecule has 0 radical (unpaired) electrons. The Morgan fingerprint density at radius 1 is 1.29 bits per heavy atom. The molecule has 0 bridgehead atoms. The Morgan fingerprint density at radius 3 is 2.67 bits per heavy atom. The Hall–Kier alpha value is -0.970. The van der Waals surface area contributed by atoms with E-state index in [-0.39, 0.29) is 0 Å². The van der Waals surface area contributed by atoms with Gasteiger partial charge in [0.25, 0.3) is 0 Å². The lowest BCUT2D eigenvalue weighted by Gasteiger charge is -2.24. The molecule has 1 N–H and O–H groups in total. The van der Waals surface area contributed by atoms with E-state index in [1.807, 2.05) is 12.4 Å². The lowest BCUT2D eigenvalue weighted by atomic mass is 10.1. The molecule has 2 heterocycles. The van der Waals surface area contributed by atoms with Crippen LogP contribution in [0.5, 0.6) is 0 Å². The molecule has 2 unspecified atom stereocenters. The molecule has 0 spiro atoms. The third-order valence-electron chi connectivity index (χ3n) is 4.01. The Kier molecular flexibility index (Phi) is 6.61. The van der Waals surface area contributed by atoms with E-state index in [2.05, 4.69) is 48.1 Å². The third-order valence-corrected chi connectivity index (χ3v) is 4.01. The highest BCUT2D eigenvalue weighted by molar-refractivity contribution is 5.09. The van der Waals surface area contributed by atoms with Crippen molar-refractivity contribution in [3.05, 3.63) is 30.1 Å². The first-order chi connectivity index (χ1) is 10.2. The Balaban J connectivity index is 1.75. The number of hydrogen-bond donors (Lipinski definition) is 1. The highest BCUT2D eigenvalue weighted by Crippen LogP contribution is 2.20. The zero-order valence-corrected chi connectivity index (χ0v) is 13.6. The van der Waals surface area contributed by atoms with Gasteiger partial charge in [0, 0.05) is 38.1 Å². The van der Waals surface area contributed by atoms with E-state index < -0.39 is 0 Å². The van der Waals surface area contributed by atoms with Gasteiger partial charge in [-0.2, -0.15) is 0 Å². The number of nitrogens with one attached hydrogen (secondary N) is 1. The van der Waals surface area contributed by atoms with Crippen LogP contribution in [0.1, 0.15) is 39.2 Å². The van der Waals surface area contributed by atoms with Gasteiger partial charge in [-0.05, 0) is 37.1 Å². The summed E-state index contributed by atoms with van der Waals surface area (Å²) in [6.45, 7) is 10.6. The van der Waals surface area contributed by atoms with Gasteiger partial charge in [0.05, 0.1) is 12.2 Å². The van der Waals surface area contributed by atoms with Gasteiger partial charge < -0.3 is 10.1 Å². The van der Waals surface area contributed by atoms with Gasteiger partial charge in [0.1, 0.15) is 0 Å². The topological polar surface area (TPSA) is 37.4 Å². The van der Waals surface area contributed by atoms with Gasteiger partial charge in [0.15, 0.2) is 0 Å². The quantitative estimate of drug-likeness (QED) is 0.798. The van der Waals surface area contributed by atoms with E-state index in [1.54, 1.807) is 0 Å². The molecule has 1 fully saturated rings. The maximum absolute atomic E-state index is 6.17. The van der Waals surface area contributed by atoms with E-state index >= 15 is 0 Å². The fourth-order valence-electron chi connectivity index (χ4n) is 2.77. The second-order valence-electron chi connectivity index (χ2n) is 6.20. The molecule has 4 nitrogen and oxygen atoms in total. The summed E-state index contributed by atoms with van der Waals surface area (Å²) >= 11 is 0. The summed E-state index contributed by atoms with van der Waals surface area (Å²) in [6.07, 6.45) is 6.85. The molecule has 0 aromatic carbocycles. The van der Waals surface area contributed by atoms with Crippen molar-refractivity contribution < 1.29 is 4.74 Å². The number of aromatic nitrogens is 1. The molecule has 1 aliphatic heterocycles. The van der Waals surface area contributed by atoms with Gasteiger partial charge in [-0.15, -0.1) is 0 Å². The van der Waals surface area contributed by atoms with Crippen molar-refractivity contribution in [3.8, 4) is 0 Å². The van der Waals surface area contributed by atoms with Crippen molar-refractivity contribution >= 4 is 0 Å². The molecule has 2 rings (SSSR count). The number of rotatable bonds is 8. The lowest BCUT2D eigenvalue weighted by molar-refractivity contribution is 0.0220. The van der Waals surface area contributed by atoms with E-state index in [0.29, 0.717) is 18.2 Å². The molecule has 118 valence electrons. The van der Waals surface area contributed by atoms with Crippen LogP contribution in [0.25, 0.3) is 0 Å². The summed E-state index contributed by atoms with van der Waals surface area (Å²) in [4.78, 5) is 6.53. The van der Waals surface area contributed by atoms with Crippen molar-refractivity contribution in [1.29, 1.82) is 0 Å². The highest BCUT2D eigenvalue weighted by Gasteiger charge is 2.26. The zero-order chi connectivity index (χ0) is 15.1. The van der Waals surface area contributed by atoms with Crippen LogP contribution in [0.2, 0.25) is 0 Å². The molecule has 0 saturated carbocycles. The molecular formula is C17H29N3O. The van der Waals surface area contributed by atoms with Crippen molar-refractivity contribution in [2.24, 2.45) is 0 Å². The monoisotopic (exact) mass is 291 g/mol. The Bertz CT molecular complexity index is 396. The number of pyridine rings is 1. The summed E-state index contributed by atoms with van der Waals surface area (Å²) in [7, 11) is 0. The van der Waals surface area contributed by atoms with Gasteiger partial charge in [-0.1, -0.05) is 20.8 Å². The predicted octanol–water partition coefficient (Wildman–Crippen LogP) is 2.45. The molecule has 21 heavy (non-hydrogen) atoms. The number of hydrogen-bond acceptors (Lipinski definition) is 4. The average molecular weight is 291 g/mol. The molecule has 2 atom stereocenters. The van der Waals surface area contributed by atoms with Crippen LogP contribution in [0, 0.1) is 0 Å². The molecule has 1 saturated heterocycles. The molecular weight excluding hydrogens is 262 g/mol. The second-order valence-corrected chi connectivity index (χ2v) is 6.20. The van der Waals surface area contributed by atoms with E-state index in [4.69, 9.17) is 4.74 Å². The summed E-state index contributed by atoms with van der Waals surface area (Å²) in [5, 5.41) is 3.47. The van der Waals surface area contributed by atoms with Crippen molar-refractivity contribution in [2.75, 3.05) is 19.6 Å². The summed E-state index contributed by atoms with van der Waals surface area (Å²) in [5.74, 6) is 0. The molecule has 1 aromatic heterocycles. The van der Waals surface area contributed by atoms with Crippen LogP contribution in [-0.4, -0.2) is 47.8 Å². The van der Waals surface area contributed by atoms with Gasteiger partial charge in [-0.3, -0.25) is 9.88 Å². The van der Waals surface area contributed by atoms with Crippen LogP contribution in [0.3, 0.4) is 0 Å². The van der Waals surface area contributed by atoms with Crippen molar-refractivity contribution in [2.45, 2.75) is 58.4 Å². The maximum Gasteiger partial charge on any atom is 0.0707 e. The van der Waals surface area contributed by atoms with Crippen molar-refractivity contribution in [1.82, 2.24) is 15.2 Å². The van der Waals surface area contributed by atoms with E-state index in [9.17, 15) is 0 Å². The average Bonchev–Trinajstić information content (AvgIpc) is 2.93. The first-order valence-corrected chi connectivity index (χ1v) is 8.17. The molecule has 4 heteroatoms. The predicted molar refractivity (Wildman–Crippen MR) is 86.2 cm³/mol. The lowest BCUT2D eigenvalue weighted by Crippen LogP contribution is -2.35. The summed E-state index contributed by atoms with van der Waals surface area (Å²) < 4.78 is 6.17. The van der Waals surface area contributed by atoms with Gasteiger partial charge >= 0.3 is 0 Å². The number of nitrogens with zero attached hydrogens (tertiary/aromatic N) is 2. The number of ether oxygens (including phenoxy) is 1. The third kappa shape index (κ3) is 5.73. The molecule has 0 aliphatic carbocycles. The second kappa shape index (κ2) is 8.47. The number of likely N-dealkylation sites (N-methyl/N-ethyl adjacent to an activating group) is 1. The summed E-state index contributed by atoms with van der Waals surface area (Å²) in [6, 6.07) is 4.72. The van der Waals surface area contributed by atoms with Crippen LogP contribution >= 0.6 is 0 Å². The molecule has 1 aliphatic rings. The van der Waals surface area contributed by atoms with Gasteiger partial charge in [0.2, 0.25) is 0 Å². The minimum absolute atomic E-state index is 0.380. The molecule has 1 aromatic rings. The highest BCUT2D eigenvalue weighted by atomic mass is 16.5. The standard InChI is InChI=1S/C17H29N3O/c1-4-20(12-15-7-9-18-10-8-15)13-17-6-5-16(21-17)11-19-14(2)3/h7-10,14,16-17,19H,4-6,11-13H2,1-3H3. The molecule has 0 amide bonds.